The molecule has 0 saturated heterocycles. The van der Waals surface area contributed by atoms with Gasteiger partial charge in [-0.2, -0.15) is 0 Å². The summed E-state index contributed by atoms with van der Waals surface area (Å²) < 4.78 is 5.05. The summed E-state index contributed by atoms with van der Waals surface area (Å²) in [6, 6.07) is 0. The van der Waals surface area contributed by atoms with Crippen molar-refractivity contribution in [3.8, 4) is 0 Å². The maximum absolute atomic E-state index is 9.08. The van der Waals surface area contributed by atoms with Crippen molar-refractivity contribution >= 4 is 5.97 Å². The van der Waals surface area contributed by atoms with Gasteiger partial charge in [0, 0.05) is 19.5 Å². The summed E-state index contributed by atoms with van der Waals surface area (Å²) in [5.74, 6) is -1.08. The number of aliphatic hydroxyl groups excluding tert-OH is 1. The number of aliphatic carboxylic acids is 1. The third kappa shape index (κ3) is 10.4. The number of carbonyl (C=O) groups excluding carboxylic acids is 1. The monoisotopic (exact) mass is 390 g/mol. The van der Waals surface area contributed by atoms with E-state index in [9.17, 15) is 0 Å². The topological polar surface area (TPSA) is 69.6 Å². The third-order valence-corrected chi connectivity index (χ3v) is 1.73. The molecule has 2 atom stereocenters. The normalized spacial score (nSPS) is 25.4. The minimum absolute atomic E-state index is 0. The van der Waals surface area contributed by atoms with E-state index in [4.69, 9.17) is 19.7 Å². The Bertz CT molecular complexity index is 148. The van der Waals surface area contributed by atoms with Gasteiger partial charge in [-0.3, -0.25) is 0 Å². The summed E-state index contributed by atoms with van der Waals surface area (Å²) >= 11 is 0. The van der Waals surface area contributed by atoms with E-state index in [-0.39, 0.29) is 39.9 Å². The summed E-state index contributed by atoms with van der Waals surface area (Å²) in [6.07, 6.45) is 4.87. The van der Waals surface area contributed by atoms with Gasteiger partial charge in [-0.15, -0.1) is 0 Å². The standard InChI is InChI=1S/C7H13O2.C2H4O2.Hg/c1-9-7-4-2-3-6(8)5-7;1-2(3)4;/h5-8H,2-4H2,1H3;1H3,(H,3,4);/q;;+1/p-1/t6-,7+;;/m0../s1. The van der Waals surface area contributed by atoms with Crippen LogP contribution in [0.25, 0.3) is 0 Å². The van der Waals surface area contributed by atoms with Crippen LogP contribution in [0.5, 0.6) is 0 Å². The molecule has 1 aliphatic rings. The van der Waals surface area contributed by atoms with E-state index < -0.39 is 5.97 Å². The van der Waals surface area contributed by atoms with E-state index in [1.54, 1.807) is 7.11 Å². The first-order valence-corrected chi connectivity index (χ1v) is 4.29. The summed E-state index contributed by atoms with van der Waals surface area (Å²) in [5.41, 5.74) is 0. The molecule has 5 heteroatoms. The zero-order valence-corrected chi connectivity index (χ0v) is 14.2. The fourth-order valence-corrected chi connectivity index (χ4v) is 1.16. The average molecular weight is 389 g/mol. The quantitative estimate of drug-likeness (QED) is 0.615. The van der Waals surface area contributed by atoms with Crippen molar-refractivity contribution in [2.75, 3.05) is 7.11 Å². The van der Waals surface area contributed by atoms with Crippen LogP contribution < -0.4 is 5.11 Å². The third-order valence-electron chi connectivity index (χ3n) is 1.73. The Kier molecular flexibility index (Phi) is 11.8. The molecule has 0 amide bonds. The maximum atomic E-state index is 9.08. The van der Waals surface area contributed by atoms with E-state index in [1.807, 2.05) is 6.42 Å². The number of ether oxygens (including phenoxy) is 1. The first kappa shape index (κ1) is 16.7. The second kappa shape index (κ2) is 9.86. The van der Waals surface area contributed by atoms with Gasteiger partial charge in [0.25, 0.3) is 0 Å². The predicted octanol–water partition coefficient (Wildman–Crippen LogP) is -0.496. The van der Waals surface area contributed by atoms with E-state index >= 15 is 0 Å². The summed E-state index contributed by atoms with van der Waals surface area (Å²) in [4.78, 5) is 8.89. The molecule has 4 nitrogen and oxygen atoms in total. The van der Waals surface area contributed by atoms with Crippen LogP contribution in [0.4, 0.5) is 0 Å². The van der Waals surface area contributed by atoms with Crippen molar-refractivity contribution in [3.63, 3.8) is 0 Å². The molecule has 1 aliphatic carbocycles. The van der Waals surface area contributed by atoms with Crippen LogP contribution in [0.2, 0.25) is 0 Å². The Labute approximate surface area is 105 Å². The van der Waals surface area contributed by atoms with Crippen LogP contribution >= 0.6 is 0 Å². The van der Waals surface area contributed by atoms with Crippen molar-refractivity contribution in [2.24, 2.45) is 0 Å². The van der Waals surface area contributed by atoms with Gasteiger partial charge < -0.3 is 19.7 Å². The molecular formula is C9H16HgO4. The predicted molar refractivity (Wildman–Crippen MR) is 45.6 cm³/mol. The van der Waals surface area contributed by atoms with E-state index in [0.29, 0.717) is 0 Å². The Morgan fingerprint density at radius 3 is 2.36 bits per heavy atom. The van der Waals surface area contributed by atoms with Crippen molar-refractivity contribution in [1.82, 2.24) is 0 Å². The van der Waals surface area contributed by atoms with E-state index in [1.165, 1.54) is 0 Å². The molecule has 1 fully saturated rings. The van der Waals surface area contributed by atoms with Crippen LogP contribution in [-0.4, -0.2) is 30.4 Å². The van der Waals surface area contributed by atoms with Crippen molar-refractivity contribution in [3.05, 3.63) is 6.42 Å². The number of hydrogen-bond acceptors (Lipinski definition) is 4. The molecule has 0 aromatic heterocycles. The molecule has 0 unspecified atom stereocenters. The van der Waals surface area contributed by atoms with Crippen molar-refractivity contribution < 1.29 is 47.4 Å². The number of rotatable bonds is 1. The maximum Gasteiger partial charge on any atom is 1.00 e. The van der Waals surface area contributed by atoms with Gasteiger partial charge in [-0.05, 0) is 26.2 Å². The molecule has 1 rings (SSSR count). The van der Waals surface area contributed by atoms with Crippen LogP contribution in [0, 0.1) is 6.42 Å². The molecule has 2 radical (unpaired) electrons. The van der Waals surface area contributed by atoms with Crippen LogP contribution in [0.15, 0.2) is 0 Å². The molecule has 0 spiro atoms. The first-order valence-electron chi connectivity index (χ1n) is 4.29. The van der Waals surface area contributed by atoms with Gasteiger partial charge in [-0.25, -0.2) is 0 Å². The molecule has 0 aromatic carbocycles. The largest absolute Gasteiger partial charge is 1.00 e. The minimum Gasteiger partial charge on any atom is -0.550 e. The number of hydrogen-bond donors (Lipinski definition) is 1. The molecule has 1 saturated carbocycles. The Balaban J connectivity index is 0. The van der Waals surface area contributed by atoms with Gasteiger partial charge in [0.15, 0.2) is 0 Å². The Hall–Kier alpha value is 0.325. The number of methoxy groups -OCH3 is 1. The number of aliphatic hydroxyl groups is 1. The van der Waals surface area contributed by atoms with Crippen molar-refractivity contribution in [1.29, 1.82) is 0 Å². The Morgan fingerprint density at radius 1 is 1.57 bits per heavy atom. The molecule has 0 aliphatic heterocycles. The van der Waals surface area contributed by atoms with E-state index in [2.05, 4.69) is 0 Å². The SMILES string of the molecule is CC(=O)[O-].CO[C@H]1[CH][C@@H](O)CCC1.[Hg+]. The number of carboxylic acid groups (broad SMARTS) is 1. The zero-order valence-electron chi connectivity index (χ0n) is 8.73. The number of carboxylic acids is 1. The first-order chi connectivity index (χ1) is 6.06. The summed E-state index contributed by atoms with van der Waals surface area (Å²) in [6.45, 7) is 0.972. The van der Waals surface area contributed by atoms with Gasteiger partial charge >= 0.3 is 27.7 Å². The van der Waals surface area contributed by atoms with Gasteiger partial charge in [0.1, 0.15) is 0 Å². The minimum atomic E-state index is -1.08. The molecule has 1 N–H and O–H groups in total. The van der Waals surface area contributed by atoms with Crippen LogP contribution in [-0.2, 0) is 37.2 Å². The van der Waals surface area contributed by atoms with Crippen LogP contribution in [0.1, 0.15) is 26.2 Å². The zero-order chi connectivity index (χ0) is 10.3. The molecular weight excluding hydrogens is 373 g/mol. The average Bonchev–Trinajstić information content (AvgIpc) is 2.03. The van der Waals surface area contributed by atoms with E-state index in [0.717, 1.165) is 26.2 Å². The van der Waals surface area contributed by atoms with Crippen LogP contribution in [0.3, 0.4) is 0 Å². The second-order valence-electron chi connectivity index (χ2n) is 2.96. The van der Waals surface area contributed by atoms with Gasteiger partial charge in [-0.1, -0.05) is 0 Å². The molecule has 0 heterocycles. The molecule has 0 bridgehead atoms. The second-order valence-corrected chi connectivity index (χ2v) is 2.96. The van der Waals surface area contributed by atoms with Crippen molar-refractivity contribution in [2.45, 2.75) is 38.4 Å². The number of carbonyl (C=O) groups is 1. The summed E-state index contributed by atoms with van der Waals surface area (Å²) in [5, 5.41) is 18.0. The Morgan fingerprint density at radius 2 is 2.07 bits per heavy atom. The van der Waals surface area contributed by atoms with Gasteiger partial charge in [0.05, 0.1) is 12.2 Å². The fourth-order valence-electron chi connectivity index (χ4n) is 1.16. The molecule has 0 aromatic rings. The molecule has 78 valence electrons. The summed E-state index contributed by atoms with van der Waals surface area (Å²) in [7, 11) is 1.68. The fraction of sp³-hybridized carbons (Fsp3) is 0.778. The molecule has 14 heavy (non-hydrogen) atoms. The smallest absolute Gasteiger partial charge is 0.550 e. The van der Waals surface area contributed by atoms with Gasteiger partial charge in [0.2, 0.25) is 0 Å².